The fourth-order valence-electron chi connectivity index (χ4n) is 2.91. The van der Waals surface area contributed by atoms with Crippen LogP contribution in [0.5, 0.6) is 5.75 Å². The highest BCUT2D eigenvalue weighted by Gasteiger charge is 2.14. The predicted molar refractivity (Wildman–Crippen MR) is 106 cm³/mol. The molecule has 27 heavy (non-hydrogen) atoms. The lowest BCUT2D eigenvalue weighted by Gasteiger charge is -2.11. The van der Waals surface area contributed by atoms with Crippen LogP contribution in [0.1, 0.15) is 33.0 Å². The number of aromatic nitrogens is 2. The summed E-state index contributed by atoms with van der Waals surface area (Å²) in [7, 11) is 1.35. The Morgan fingerprint density at radius 1 is 1.19 bits per heavy atom. The number of aryl methyl sites for hydroxylation is 3. The zero-order valence-corrected chi connectivity index (χ0v) is 16.7. The van der Waals surface area contributed by atoms with E-state index in [-0.39, 0.29) is 11.5 Å². The van der Waals surface area contributed by atoms with Crippen LogP contribution in [0.2, 0.25) is 0 Å². The first-order valence-corrected chi connectivity index (χ1v) is 9.52. The first kappa shape index (κ1) is 19.1. The summed E-state index contributed by atoms with van der Waals surface area (Å²) < 4.78 is 12.1. The highest BCUT2D eigenvalue weighted by atomic mass is 32.1. The van der Waals surface area contributed by atoms with Gasteiger partial charge in [-0.05, 0) is 57.0 Å². The molecular formula is C20H22N2O4S. The fourth-order valence-corrected chi connectivity index (χ4v) is 3.98. The number of rotatable bonds is 6. The minimum absolute atomic E-state index is 0.0155. The number of carbonyl (C=O) groups excluding carboxylic acids is 1. The Kier molecular flexibility index (Phi) is 5.60. The fraction of sp³-hybridized carbons (Fsp3) is 0.350. The molecule has 0 aliphatic carbocycles. The number of benzene rings is 1. The third kappa shape index (κ3) is 3.88. The van der Waals surface area contributed by atoms with Crippen molar-refractivity contribution in [1.82, 2.24) is 9.55 Å². The van der Waals surface area contributed by atoms with Gasteiger partial charge in [0.05, 0.1) is 24.7 Å². The van der Waals surface area contributed by atoms with Gasteiger partial charge >= 0.3 is 5.97 Å². The van der Waals surface area contributed by atoms with Crippen molar-refractivity contribution in [2.75, 3.05) is 13.7 Å². The Labute approximate surface area is 161 Å². The molecule has 2 heterocycles. The van der Waals surface area contributed by atoms with Gasteiger partial charge in [-0.25, -0.2) is 9.78 Å². The molecule has 2 aromatic heterocycles. The van der Waals surface area contributed by atoms with Gasteiger partial charge in [0.25, 0.3) is 5.56 Å². The first-order valence-electron chi connectivity index (χ1n) is 8.70. The third-order valence-corrected chi connectivity index (χ3v) is 5.65. The summed E-state index contributed by atoms with van der Waals surface area (Å²) in [5.41, 5.74) is 1.51. The molecule has 0 aliphatic heterocycles. The predicted octanol–water partition coefficient (Wildman–Crippen LogP) is 3.64. The maximum absolute atomic E-state index is 12.8. The van der Waals surface area contributed by atoms with E-state index in [1.807, 2.05) is 20.8 Å². The quantitative estimate of drug-likeness (QED) is 0.478. The topological polar surface area (TPSA) is 70.4 Å². The lowest BCUT2D eigenvalue weighted by molar-refractivity contribution is 0.0600. The normalized spacial score (nSPS) is 11.0. The summed E-state index contributed by atoms with van der Waals surface area (Å²) >= 11 is 1.56. The standard InChI is InChI=1S/C20H22N2O4S/c1-12-13(2)27-18-17(12)19(23)22(14(3)21-18)10-5-11-26-16-8-6-15(7-9-16)20(24)25-4/h6-9H,5,10-11H2,1-4H3. The molecular weight excluding hydrogens is 364 g/mol. The molecule has 142 valence electrons. The second-order valence-electron chi connectivity index (χ2n) is 6.30. The molecule has 0 N–H and O–H groups in total. The minimum atomic E-state index is -0.377. The number of hydrogen-bond acceptors (Lipinski definition) is 6. The summed E-state index contributed by atoms with van der Waals surface area (Å²) in [6.45, 7) is 6.85. The van der Waals surface area contributed by atoms with E-state index in [2.05, 4.69) is 9.72 Å². The van der Waals surface area contributed by atoms with E-state index in [4.69, 9.17) is 4.74 Å². The Hall–Kier alpha value is -2.67. The second kappa shape index (κ2) is 7.92. The van der Waals surface area contributed by atoms with Gasteiger partial charge in [0, 0.05) is 11.4 Å². The molecule has 0 amide bonds. The number of ether oxygens (including phenoxy) is 2. The Morgan fingerprint density at radius 2 is 1.89 bits per heavy atom. The highest BCUT2D eigenvalue weighted by Crippen LogP contribution is 2.26. The van der Waals surface area contributed by atoms with Crippen LogP contribution in [0.15, 0.2) is 29.1 Å². The van der Waals surface area contributed by atoms with E-state index in [1.165, 1.54) is 7.11 Å². The van der Waals surface area contributed by atoms with Crippen LogP contribution in [-0.2, 0) is 11.3 Å². The van der Waals surface area contributed by atoms with Crippen LogP contribution < -0.4 is 10.3 Å². The van der Waals surface area contributed by atoms with Crippen molar-refractivity contribution in [2.45, 2.75) is 33.7 Å². The molecule has 0 unspecified atom stereocenters. The monoisotopic (exact) mass is 386 g/mol. The molecule has 3 aromatic rings. The van der Waals surface area contributed by atoms with Crippen molar-refractivity contribution in [3.63, 3.8) is 0 Å². The summed E-state index contributed by atoms with van der Waals surface area (Å²) in [4.78, 5) is 30.8. The number of esters is 1. The van der Waals surface area contributed by atoms with Crippen LogP contribution in [-0.4, -0.2) is 29.2 Å². The zero-order chi connectivity index (χ0) is 19.6. The molecule has 0 bridgehead atoms. The van der Waals surface area contributed by atoms with E-state index in [0.29, 0.717) is 30.9 Å². The van der Waals surface area contributed by atoms with E-state index in [0.717, 1.165) is 26.5 Å². The number of nitrogens with zero attached hydrogens (tertiary/aromatic N) is 2. The van der Waals surface area contributed by atoms with E-state index in [1.54, 1.807) is 40.2 Å². The zero-order valence-electron chi connectivity index (χ0n) is 15.9. The average Bonchev–Trinajstić information content (AvgIpc) is 2.94. The van der Waals surface area contributed by atoms with Crippen molar-refractivity contribution in [3.8, 4) is 5.75 Å². The lowest BCUT2D eigenvalue weighted by atomic mass is 10.2. The van der Waals surface area contributed by atoms with Crippen molar-refractivity contribution in [1.29, 1.82) is 0 Å². The van der Waals surface area contributed by atoms with Crippen LogP contribution in [0.25, 0.3) is 10.2 Å². The highest BCUT2D eigenvalue weighted by molar-refractivity contribution is 7.18. The van der Waals surface area contributed by atoms with E-state index in [9.17, 15) is 9.59 Å². The number of methoxy groups -OCH3 is 1. The van der Waals surface area contributed by atoms with Crippen molar-refractivity contribution >= 4 is 27.5 Å². The summed E-state index contributed by atoms with van der Waals surface area (Å²) in [5, 5.41) is 0.724. The molecule has 6 nitrogen and oxygen atoms in total. The van der Waals surface area contributed by atoms with Gasteiger partial charge < -0.3 is 9.47 Å². The van der Waals surface area contributed by atoms with Gasteiger partial charge in [0.2, 0.25) is 0 Å². The van der Waals surface area contributed by atoms with Crippen LogP contribution in [0.3, 0.4) is 0 Å². The molecule has 0 saturated heterocycles. The molecule has 3 rings (SSSR count). The molecule has 0 fully saturated rings. The summed E-state index contributed by atoms with van der Waals surface area (Å²) in [6, 6.07) is 6.79. The minimum Gasteiger partial charge on any atom is -0.494 e. The van der Waals surface area contributed by atoms with Crippen LogP contribution >= 0.6 is 11.3 Å². The Balaban J connectivity index is 1.65. The second-order valence-corrected chi connectivity index (χ2v) is 7.50. The molecule has 0 atom stereocenters. The number of thiophene rings is 1. The summed E-state index contributed by atoms with van der Waals surface area (Å²) in [6.07, 6.45) is 0.675. The van der Waals surface area contributed by atoms with Gasteiger partial charge in [-0.3, -0.25) is 9.36 Å². The van der Waals surface area contributed by atoms with E-state index >= 15 is 0 Å². The van der Waals surface area contributed by atoms with Crippen molar-refractivity contribution in [3.05, 3.63) is 56.4 Å². The van der Waals surface area contributed by atoms with Crippen molar-refractivity contribution in [2.24, 2.45) is 0 Å². The van der Waals surface area contributed by atoms with Crippen LogP contribution in [0.4, 0.5) is 0 Å². The van der Waals surface area contributed by atoms with Gasteiger partial charge in [0.1, 0.15) is 16.4 Å². The lowest BCUT2D eigenvalue weighted by Crippen LogP contribution is -2.24. The van der Waals surface area contributed by atoms with Gasteiger partial charge in [-0.1, -0.05) is 0 Å². The molecule has 7 heteroatoms. The van der Waals surface area contributed by atoms with Gasteiger partial charge in [-0.2, -0.15) is 0 Å². The Bertz CT molecular complexity index is 1030. The third-order valence-electron chi connectivity index (χ3n) is 4.55. The number of hydrogen-bond donors (Lipinski definition) is 0. The molecule has 1 aromatic carbocycles. The summed E-state index contributed by atoms with van der Waals surface area (Å²) in [5.74, 6) is 1.01. The smallest absolute Gasteiger partial charge is 0.337 e. The average molecular weight is 386 g/mol. The molecule has 0 spiro atoms. The van der Waals surface area contributed by atoms with Gasteiger partial charge in [0.15, 0.2) is 0 Å². The number of fused-ring (bicyclic) bond motifs is 1. The molecule has 0 radical (unpaired) electrons. The maximum Gasteiger partial charge on any atom is 0.337 e. The van der Waals surface area contributed by atoms with Gasteiger partial charge in [-0.15, -0.1) is 11.3 Å². The Morgan fingerprint density at radius 3 is 2.56 bits per heavy atom. The largest absolute Gasteiger partial charge is 0.494 e. The molecule has 0 aliphatic rings. The van der Waals surface area contributed by atoms with Crippen molar-refractivity contribution < 1.29 is 14.3 Å². The number of carbonyl (C=O) groups is 1. The van der Waals surface area contributed by atoms with Crippen LogP contribution in [0, 0.1) is 20.8 Å². The molecule has 0 saturated carbocycles. The maximum atomic E-state index is 12.8. The first-order chi connectivity index (χ1) is 12.9. The van der Waals surface area contributed by atoms with E-state index < -0.39 is 0 Å². The SMILES string of the molecule is COC(=O)c1ccc(OCCCn2c(C)nc3sc(C)c(C)c3c2=O)cc1.